The standard InChI is InChI=1S/C22H24N6O/c1-15-3-2-4-16(11-15)20-13-21(25-18-5-6-19(24)17(12-18)14-23)27-22(26-20)28-7-9-29-10-8-28/h2-6,11-14,23H,7-10,24H2,1H3,(H,25,26,27). The van der Waals surface area contributed by atoms with Crippen LogP contribution in [0.3, 0.4) is 0 Å². The lowest BCUT2D eigenvalue weighted by molar-refractivity contribution is 0.122. The third-order valence-corrected chi connectivity index (χ3v) is 4.84. The summed E-state index contributed by atoms with van der Waals surface area (Å²) in [4.78, 5) is 11.7. The zero-order valence-electron chi connectivity index (χ0n) is 16.4. The van der Waals surface area contributed by atoms with E-state index in [2.05, 4.69) is 35.3 Å². The Morgan fingerprint density at radius 1 is 1.10 bits per heavy atom. The Morgan fingerprint density at radius 2 is 1.93 bits per heavy atom. The molecule has 4 N–H and O–H groups in total. The van der Waals surface area contributed by atoms with Crippen LogP contribution in [0, 0.1) is 12.3 Å². The molecule has 0 saturated carbocycles. The first-order valence-electron chi connectivity index (χ1n) is 9.58. The lowest BCUT2D eigenvalue weighted by Crippen LogP contribution is -2.37. The van der Waals surface area contributed by atoms with Crippen LogP contribution in [-0.2, 0) is 4.74 Å². The van der Waals surface area contributed by atoms with Gasteiger partial charge < -0.3 is 26.1 Å². The van der Waals surface area contributed by atoms with Gasteiger partial charge in [-0.3, -0.25) is 0 Å². The summed E-state index contributed by atoms with van der Waals surface area (Å²) in [7, 11) is 0. The molecule has 1 fully saturated rings. The number of nitrogen functional groups attached to an aromatic ring is 1. The molecular formula is C22H24N6O. The summed E-state index contributed by atoms with van der Waals surface area (Å²) in [5, 5.41) is 10.9. The summed E-state index contributed by atoms with van der Waals surface area (Å²) < 4.78 is 5.47. The predicted octanol–water partition coefficient (Wildman–Crippen LogP) is 3.61. The van der Waals surface area contributed by atoms with E-state index in [0.717, 1.165) is 30.0 Å². The third kappa shape index (κ3) is 4.35. The highest BCUT2D eigenvalue weighted by molar-refractivity contribution is 5.87. The molecule has 1 aliphatic rings. The second kappa shape index (κ2) is 8.28. The van der Waals surface area contributed by atoms with E-state index in [1.165, 1.54) is 11.8 Å². The fourth-order valence-corrected chi connectivity index (χ4v) is 3.28. The first-order chi connectivity index (χ1) is 14.1. The fourth-order valence-electron chi connectivity index (χ4n) is 3.28. The number of aryl methyl sites for hydroxylation is 1. The molecule has 0 spiro atoms. The zero-order valence-corrected chi connectivity index (χ0v) is 16.4. The number of nitrogens with two attached hydrogens (primary N) is 1. The van der Waals surface area contributed by atoms with Crippen LogP contribution >= 0.6 is 0 Å². The number of rotatable bonds is 5. The van der Waals surface area contributed by atoms with Gasteiger partial charge in [-0.05, 0) is 31.2 Å². The van der Waals surface area contributed by atoms with Crippen LogP contribution in [0.2, 0.25) is 0 Å². The second-order valence-corrected chi connectivity index (χ2v) is 7.02. The Kier molecular flexibility index (Phi) is 5.39. The summed E-state index contributed by atoms with van der Waals surface area (Å²) in [6.45, 7) is 4.93. The molecule has 0 radical (unpaired) electrons. The van der Waals surface area contributed by atoms with Gasteiger partial charge in [-0.1, -0.05) is 23.8 Å². The molecule has 1 aliphatic heterocycles. The monoisotopic (exact) mass is 388 g/mol. The van der Waals surface area contributed by atoms with E-state index in [9.17, 15) is 0 Å². The van der Waals surface area contributed by atoms with Crippen molar-refractivity contribution in [3.63, 3.8) is 0 Å². The fraction of sp³-hybridized carbons (Fsp3) is 0.227. The normalized spacial score (nSPS) is 13.9. The first kappa shape index (κ1) is 18.9. The van der Waals surface area contributed by atoms with Crippen molar-refractivity contribution in [3.05, 3.63) is 59.7 Å². The van der Waals surface area contributed by atoms with Crippen molar-refractivity contribution in [1.82, 2.24) is 9.97 Å². The molecule has 0 unspecified atom stereocenters. The molecule has 3 aromatic rings. The maximum Gasteiger partial charge on any atom is 0.228 e. The zero-order chi connectivity index (χ0) is 20.2. The maximum absolute atomic E-state index is 7.52. The predicted molar refractivity (Wildman–Crippen MR) is 117 cm³/mol. The van der Waals surface area contributed by atoms with E-state index in [1.807, 2.05) is 24.3 Å². The second-order valence-electron chi connectivity index (χ2n) is 7.02. The van der Waals surface area contributed by atoms with E-state index in [1.54, 1.807) is 6.07 Å². The van der Waals surface area contributed by atoms with E-state index in [4.69, 9.17) is 25.8 Å². The number of hydrogen-bond donors (Lipinski definition) is 3. The molecule has 1 aromatic heterocycles. The van der Waals surface area contributed by atoms with Crippen LogP contribution in [0.25, 0.3) is 11.3 Å². The summed E-state index contributed by atoms with van der Waals surface area (Å²) in [6, 6.07) is 15.7. The van der Waals surface area contributed by atoms with Gasteiger partial charge in [0.25, 0.3) is 0 Å². The molecule has 29 heavy (non-hydrogen) atoms. The van der Waals surface area contributed by atoms with Crippen molar-refractivity contribution >= 4 is 29.4 Å². The van der Waals surface area contributed by atoms with E-state index in [-0.39, 0.29) is 0 Å². The van der Waals surface area contributed by atoms with Crippen LogP contribution in [-0.4, -0.2) is 42.5 Å². The van der Waals surface area contributed by atoms with Gasteiger partial charge in [0.05, 0.1) is 18.9 Å². The maximum atomic E-state index is 7.52. The van der Waals surface area contributed by atoms with Gasteiger partial charge in [0.15, 0.2) is 0 Å². The molecule has 7 nitrogen and oxygen atoms in total. The number of nitrogens with one attached hydrogen (secondary N) is 2. The molecule has 0 atom stereocenters. The molecule has 0 aliphatic carbocycles. The van der Waals surface area contributed by atoms with Crippen LogP contribution in [0.4, 0.5) is 23.1 Å². The Morgan fingerprint density at radius 3 is 2.69 bits per heavy atom. The average Bonchev–Trinajstić information content (AvgIpc) is 2.75. The van der Waals surface area contributed by atoms with E-state index in [0.29, 0.717) is 36.2 Å². The minimum absolute atomic E-state index is 0.572. The van der Waals surface area contributed by atoms with E-state index < -0.39 is 0 Å². The van der Waals surface area contributed by atoms with Gasteiger partial charge in [-0.25, -0.2) is 4.98 Å². The molecule has 2 heterocycles. The number of hydrogen-bond acceptors (Lipinski definition) is 7. The number of aromatic nitrogens is 2. The summed E-state index contributed by atoms with van der Waals surface area (Å²) in [6.07, 6.45) is 1.25. The van der Waals surface area contributed by atoms with Crippen molar-refractivity contribution in [2.75, 3.05) is 42.3 Å². The van der Waals surface area contributed by atoms with Crippen molar-refractivity contribution in [2.24, 2.45) is 0 Å². The Hall–Kier alpha value is -3.45. The van der Waals surface area contributed by atoms with Gasteiger partial charge in [-0.15, -0.1) is 0 Å². The van der Waals surface area contributed by atoms with E-state index >= 15 is 0 Å². The van der Waals surface area contributed by atoms with Crippen molar-refractivity contribution in [2.45, 2.75) is 6.92 Å². The van der Waals surface area contributed by atoms with Crippen LogP contribution in [0.15, 0.2) is 48.5 Å². The summed E-state index contributed by atoms with van der Waals surface area (Å²) in [5.41, 5.74) is 11.0. The lowest BCUT2D eigenvalue weighted by Gasteiger charge is -2.27. The summed E-state index contributed by atoms with van der Waals surface area (Å²) >= 11 is 0. The van der Waals surface area contributed by atoms with Crippen LogP contribution < -0.4 is 16.0 Å². The lowest BCUT2D eigenvalue weighted by atomic mass is 10.1. The smallest absolute Gasteiger partial charge is 0.228 e. The van der Waals surface area contributed by atoms with Crippen molar-refractivity contribution in [1.29, 1.82) is 5.41 Å². The first-order valence-corrected chi connectivity index (χ1v) is 9.58. The van der Waals surface area contributed by atoms with Gasteiger partial charge in [-0.2, -0.15) is 4.98 Å². The largest absolute Gasteiger partial charge is 0.398 e. The molecular weight excluding hydrogens is 364 g/mol. The highest BCUT2D eigenvalue weighted by Gasteiger charge is 2.16. The topological polar surface area (TPSA) is 100 Å². The van der Waals surface area contributed by atoms with Crippen molar-refractivity contribution in [3.8, 4) is 11.3 Å². The number of nitrogens with zero attached hydrogens (tertiary/aromatic N) is 3. The quantitative estimate of drug-likeness (QED) is 0.456. The van der Waals surface area contributed by atoms with Crippen LogP contribution in [0.1, 0.15) is 11.1 Å². The van der Waals surface area contributed by atoms with Crippen molar-refractivity contribution < 1.29 is 4.74 Å². The molecule has 7 heteroatoms. The molecule has 2 aromatic carbocycles. The van der Waals surface area contributed by atoms with Gasteiger partial charge >= 0.3 is 0 Å². The Balaban J connectivity index is 1.73. The Bertz CT molecular complexity index is 1030. The molecule has 1 saturated heterocycles. The number of morpholine rings is 1. The van der Waals surface area contributed by atoms with Gasteiger partial charge in [0, 0.05) is 47.9 Å². The van der Waals surface area contributed by atoms with Gasteiger partial charge in [0.2, 0.25) is 5.95 Å². The average molecular weight is 388 g/mol. The molecule has 4 rings (SSSR count). The third-order valence-electron chi connectivity index (χ3n) is 4.84. The minimum Gasteiger partial charge on any atom is -0.398 e. The number of benzene rings is 2. The molecule has 0 amide bonds. The Labute approximate surface area is 170 Å². The van der Waals surface area contributed by atoms with Crippen LogP contribution in [0.5, 0.6) is 0 Å². The highest BCUT2D eigenvalue weighted by atomic mass is 16.5. The number of anilines is 4. The SMILES string of the molecule is Cc1cccc(-c2cc(Nc3ccc(N)c(C=N)c3)nc(N3CCOCC3)n2)c1. The molecule has 148 valence electrons. The van der Waals surface area contributed by atoms with Gasteiger partial charge in [0.1, 0.15) is 5.82 Å². The summed E-state index contributed by atoms with van der Waals surface area (Å²) in [5.74, 6) is 1.37. The molecule has 0 bridgehead atoms. The minimum atomic E-state index is 0.572. The highest BCUT2D eigenvalue weighted by Crippen LogP contribution is 2.27. The number of ether oxygens (including phenoxy) is 1.